The highest BCUT2D eigenvalue weighted by Crippen LogP contribution is 2.55. The molecule has 0 saturated heterocycles. The summed E-state index contributed by atoms with van der Waals surface area (Å²) in [4.78, 5) is 0. The second-order valence-corrected chi connectivity index (χ2v) is 5.59. The standard InChI is InChI=1S/C16H22N2/c1-4-15(8-9-16(15,18)5-2)14-10-13(11-17)7-6-12(14)3/h6-7,10H,4-5,8-9,18H2,1-3H3/t15?,16-/m0/s1. The van der Waals surface area contributed by atoms with E-state index >= 15 is 0 Å². The molecule has 0 amide bonds. The Morgan fingerprint density at radius 1 is 1.28 bits per heavy atom. The Bertz CT molecular complexity index is 492. The van der Waals surface area contributed by atoms with Gasteiger partial charge in [0.05, 0.1) is 11.6 Å². The summed E-state index contributed by atoms with van der Waals surface area (Å²) in [5.41, 5.74) is 9.87. The Labute approximate surface area is 110 Å². The van der Waals surface area contributed by atoms with Crippen molar-refractivity contribution in [2.75, 3.05) is 0 Å². The van der Waals surface area contributed by atoms with Gasteiger partial charge in [0.2, 0.25) is 0 Å². The van der Waals surface area contributed by atoms with Gasteiger partial charge in [0.25, 0.3) is 0 Å². The zero-order valence-corrected chi connectivity index (χ0v) is 11.6. The Morgan fingerprint density at radius 2 is 2.00 bits per heavy atom. The van der Waals surface area contributed by atoms with Crippen LogP contribution in [0.25, 0.3) is 0 Å². The summed E-state index contributed by atoms with van der Waals surface area (Å²) in [5.74, 6) is 0. The molecule has 0 bridgehead atoms. The molecule has 2 atom stereocenters. The van der Waals surface area contributed by atoms with E-state index in [1.165, 1.54) is 11.1 Å². The van der Waals surface area contributed by atoms with Crippen LogP contribution in [-0.4, -0.2) is 5.54 Å². The molecule has 0 aliphatic heterocycles. The number of benzene rings is 1. The van der Waals surface area contributed by atoms with Gasteiger partial charge in [-0.1, -0.05) is 19.9 Å². The van der Waals surface area contributed by atoms with E-state index in [1.807, 2.05) is 6.07 Å². The van der Waals surface area contributed by atoms with Crippen molar-refractivity contribution in [2.45, 2.75) is 57.4 Å². The van der Waals surface area contributed by atoms with Gasteiger partial charge in [0.1, 0.15) is 0 Å². The summed E-state index contributed by atoms with van der Waals surface area (Å²) in [6.07, 6.45) is 4.28. The van der Waals surface area contributed by atoms with Crippen molar-refractivity contribution < 1.29 is 0 Å². The lowest BCUT2D eigenvalue weighted by atomic mass is 9.49. The molecule has 1 unspecified atom stereocenters. The number of nitriles is 1. The highest BCUT2D eigenvalue weighted by atomic mass is 14.8. The summed E-state index contributed by atoms with van der Waals surface area (Å²) in [6, 6.07) is 8.24. The maximum Gasteiger partial charge on any atom is 0.0991 e. The maximum absolute atomic E-state index is 9.09. The molecule has 2 heteroatoms. The van der Waals surface area contributed by atoms with Crippen LogP contribution in [0.15, 0.2) is 18.2 Å². The molecule has 1 aliphatic rings. The highest BCUT2D eigenvalue weighted by molar-refractivity contribution is 5.46. The number of aryl methyl sites for hydroxylation is 1. The third-order valence-corrected chi connectivity index (χ3v) is 5.07. The van der Waals surface area contributed by atoms with Crippen molar-refractivity contribution in [1.29, 1.82) is 5.26 Å². The van der Waals surface area contributed by atoms with Crippen LogP contribution in [0.5, 0.6) is 0 Å². The van der Waals surface area contributed by atoms with Crippen molar-refractivity contribution in [3.8, 4) is 6.07 Å². The monoisotopic (exact) mass is 242 g/mol. The quantitative estimate of drug-likeness (QED) is 0.883. The van der Waals surface area contributed by atoms with Crippen LogP contribution in [0.3, 0.4) is 0 Å². The van der Waals surface area contributed by atoms with E-state index in [4.69, 9.17) is 11.0 Å². The van der Waals surface area contributed by atoms with Crippen LogP contribution in [0.2, 0.25) is 0 Å². The molecule has 1 fully saturated rings. The van der Waals surface area contributed by atoms with Crippen molar-refractivity contribution in [3.63, 3.8) is 0 Å². The second kappa shape index (κ2) is 4.40. The lowest BCUT2D eigenvalue weighted by molar-refractivity contribution is 0.0690. The molecule has 1 saturated carbocycles. The van der Waals surface area contributed by atoms with Gasteiger partial charge in [-0.15, -0.1) is 0 Å². The van der Waals surface area contributed by atoms with E-state index in [1.54, 1.807) is 0 Å². The molecule has 0 heterocycles. The fourth-order valence-corrected chi connectivity index (χ4v) is 3.59. The summed E-state index contributed by atoms with van der Waals surface area (Å²) in [6.45, 7) is 6.52. The van der Waals surface area contributed by atoms with E-state index < -0.39 is 0 Å². The molecular formula is C16H22N2. The van der Waals surface area contributed by atoms with Crippen LogP contribution in [0, 0.1) is 18.3 Å². The lowest BCUT2D eigenvalue weighted by Crippen LogP contribution is -2.65. The molecule has 2 rings (SSSR count). The van der Waals surface area contributed by atoms with Crippen molar-refractivity contribution in [2.24, 2.45) is 5.73 Å². The number of nitrogens with zero attached hydrogens (tertiary/aromatic N) is 1. The van der Waals surface area contributed by atoms with Gasteiger partial charge in [-0.05, 0) is 55.9 Å². The SMILES string of the molecule is CCC1(c2cc(C#N)ccc2C)CC[C@@]1(N)CC. The largest absolute Gasteiger partial charge is 0.324 e. The first-order chi connectivity index (χ1) is 8.53. The molecule has 0 radical (unpaired) electrons. The topological polar surface area (TPSA) is 49.8 Å². The van der Waals surface area contributed by atoms with E-state index in [0.29, 0.717) is 0 Å². The summed E-state index contributed by atoms with van der Waals surface area (Å²) in [7, 11) is 0. The molecule has 0 spiro atoms. The normalized spacial score (nSPS) is 30.6. The molecular weight excluding hydrogens is 220 g/mol. The first kappa shape index (κ1) is 13.1. The third-order valence-electron chi connectivity index (χ3n) is 5.07. The fourth-order valence-electron chi connectivity index (χ4n) is 3.59. The van der Waals surface area contributed by atoms with E-state index in [-0.39, 0.29) is 11.0 Å². The van der Waals surface area contributed by atoms with Crippen LogP contribution in [0.4, 0.5) is 0 Å². The Hall–Kier alpha value is -1.33. The molecule has 18 heavy (non-hydrogen) atoms. The zero-order chi connectivity index (χ0) is 13.4. The van der Waals surface area contributed by atoms with Crippen molar-refractivity contribution in [3.05, 3.63) is 34.9 Å². The Kier molecular flexibility index (Phi) is 3.21. The first-order valence-corrected chi connectivity index (χ1v) is 6.83. The van der Waals surface area contributed by atoms with Gasteiger partial charge in [-0.3, -0.25) is 0 Å². The van der Waals surface area contributed by atoms with Gasteiger partial charge < -0.3 is 5.73 Å². The molecule has 1 aromatic carbocycles. The predicted molar refractivity (Wildman–Crippen MR) is 74.3 cm³/mol. The maximum atomic E-state index is 9.09. The molecule has 0 aromatic heterocycles. The summed E-state index contributed by atoms with van der Waals surface area (Å²) < 4.78 is 0. The minimum absolute atomic E-state index is 0.0681. The van der Waals surface area contributed by atoms with Gasteiger partial charge in [0, 0.05) is 11.0 Å². The van der Waals surface area contributed by atoms with Gasteiger partial charge in [-0.25, -0.2) is 0 Å². The molecule has 96 valence electrons. The molecule has 1 aromatic rings. The van der Waals surface area contributed by atoms with Gasteiger partial charge in [-0.2, -0.15) is 5.26 Å². The number of rotatable bonds is 3. The van der Waals surface area contributed by atoms with Crippen LogP contribution < -0.4 is 5.73 Å². The Balaban J connectivity index is 2.56. The van der Waals surface area contributed by atoms with Crippen molar-refractivity contribution in [1.82, 2.24) is 0 Å². The van der Waals surface area contributed by atoms with Crippen molar-refractivity contribution >= 4 is 0 Å². The average Bonchev–Trinajstić information content (AvgIpc) is 2.39. The highest BCUT2D eigenvalue weighted by Gasteiger charge is 2.55. The summed E-state index contributed by atoms with van der Waals surface area (Å²) >= 11 is 0. The van der Waals surface area contributed by atoms with E-state index in [0.717, 1.165) is 31.2 Å². The van der Waals surface area contributed by atoms with Crippen LogP contribution in [0.1, 0.15) is 56.2 Å². The molecule has 1 aliphatic carbocycles. The smallest absolute Gasteiger partial charge is 0.0991 e. The number of hydrogen-bond acceptors (Lipinski definition) is 2. The van der Waals surface area contributed by atoms with Crippen LogP contribution in [-0.2, 0) is 5.41 Å². The lowest BCUT2D eigenvalue weighted by Gasteiger charge is -2.58. The summed E-state index contributed by atoms with van der Waals surface area (Å²) in [5, 5.41) is 9.09. The fraction of sp³-hybridized carbons (Fsp3) is 0.562. The number of nitrogens with two attached hydrogens (primary N) is 1. The van der Waals surface area contributed by atoms with Gasteiger partial charge >= 0.3 is 0 Å². The molecule has 2 N–H and O–H groups in total. The van der Waals surface area contributed by atoms with Gasteiger partial charge in [0.15, 0.2) is 0 Å². The van der Waals surface area contributed by atoms with E-state index in [2.05, 4.69) is 39.0 Å². The predicted octanol–water partition coefficient (Wildman–Crippen LogP) is 3.42. The zero-order valence-electron chi connectivity index (χ0n) is 11.6. The van der Waals surface area contributed by atoms with E-state index in [9.17, 15) is 0 Å². The minimum Gasteiger partial charge on any atom is -0.324 e. The first-order valence-electron chi connectivity index (χ1n) is 6.83. The molecule has 2 nitrogen and oxygen atoms in total. The Morgan fingerprint density at radius 3 is 2.44 bits per heavy atom. The number of hydrogen-bond donors (Lipinski definition) is 1. The minimum atomic E-state index is -0.0966. The second-order valence-electron chi connectivity index (χ2n) is 5.59. The average molecular weight is 242 g/mol. The van der Waals surface area contributed by atoms with Crippen LogP contribution >= 0.6 is 0 Å². The third kappa shape index (κ3) is 1.58.